The Hall–Kier alpha value is -2.42. The number of rotatable bonds is 4. The van der Waals surface area contributed by atoms with Crippen molar-refractivity contribution in [2.45, 2.75) is 19.8 Å². The highest BCUT2D eigenvalue weighted by atomic mass is 16.4. The summed E-state index contributed by atoms with van der Waals surface area (Å²) in [5.41, 5.74) is 3.43. The Morgan fingerprint density at radius 2 is 1.60 bits per heavy atom. The topological polar surface area (TPSA) is 38.9 Å². The zero-order valence-corrected chi connectivity index (χ0v) is 11.4. The number of aromatic nitrogens is 2. The minimum absolute atomic E-state index is 0.603. The monoisotopic (exact) mass is 264 g/mol. The molecule has 0 saturated heterocycles. The summed E-state index contributed by atoms with van der Waals surface area (Å²) in [6.07, 6.45) is 1.68. The van der Waals surface area contributed by atoms with E-state index < -0.39 is 0 Å². The van der Waals surface area contributed by atoms with Crippen LogP contribution in [0.25, 0.3) is 11.5 Å². The van der Waals surface area contributed by atoms with Crippen molar-refractivity contribution >= 4 is 0 Å². The van der Waals surface area contributed by atoms with E-state index in [1.807, 2.05) is 49.4 Å². The highest BCUT2D eigenvalue weighted by Crippen LogP contribution is 2.21. The largest absolute Gasteiger partial charge is 0.421 e. The van der Waals surface area contributed by atoms with Gasteiger partial charge in [0.2, 0.25) is 11.8 Å². The van der Waals surface area contributed by atoms with Crippen molar-refractivity contribution in [2.75, 3.05) is 0 Å². The second kappa shape index (κ2) is 5.70. The maximum Gasteiger partial charge on any atom is 0.247 e. The molecule has 0 spiro atoms. The van der Waals surface area contributed by atoms with Crippen LogP contribution >= 0.6 is 0 Å². The molecular formula is C17H16N2O. The number of hydrogen-bond acceptors (Lipinski definition) is 3. The third-order valence-corrected chi connectivity index (χ3v) is 3.31. The summed E-state index contributed by atoms with van der Waals surface area (Å²) in [5.74, 6) is 1.29. The first-order chi connectivity index (χ1) is 9.83. The molecule has 0 aliphatic carbocycles. The minimum atomic E-state index is 0.603. The van der Waals surface area contributed by atoms with Crippen LogP contribution in [0.4, 0.5) is 0 Å². The predicted octanol–water partition coefficient (Wildman–Crippen LogP) is 3.83. The van der Waals surface area contributed by atoms with Gasteiger partial charge in [-0.15, -0.1) is 10.2 Å². The average molecular weight is 264 g/mol. The first-order valence-corrected chi connectivity index (χ1v) is 6.75. The first-order valence-electron chi connectivity index (χ1n) is 6.75. The molecule has 0 amide bonds. The zero-order valence-electron chi connectivity index (χ0n) is 11.4. The van der Waals surface area contributed by atoms with Gasteiger partial charge in [-0.25, -0.2) is 0 Å². The quantitative estimate of drug-likeness (QED) is 0.719. The van der Waals surface area contributed by atoms with Crippen molar-refractivity contribution in [1.82, 2.24) is 10.2 Å². The van der Waals surface area contributed by atoms with E-state index in [4.69, 9.17) is 4.42 Å². The molecule has 0 aliphatic rings. The molecule has 0 atom stereocenters. The summed E-state index contributed by atoms with van der Waals surface area (Å²) < 4.78 is 5.75. The van der Waals surface area contributed by atoms with Crippen molar-refractivity contribution in [3.8, 4) is 11.5 Å². The third kappa shape index (κ3) is 2.77. The average Bonchev–Trinajstić information content (AvgIpc) is 2.95. The first kappa shape index (κ1) is 12.6. The number of aryl methyl sites for hydroxylation is 3. The summed E-state index contributed by atoms with van der Waals surface area (Å²) in [5, 5.41) is 8.27. The standard InChI is InChI=1S/C17H16N2O/c1-13-7-5-6-10-15(13)17-19-18-16(20-17)12-11-14-8-3-2-4-9-14/h2-10H,11-12H2,1H3. The fourth-order valence-corrected chi connectivity index (χ4v) is 2.17. The van der Waals surface area contributed by atoms with Crippen LogP contribution in [0.1, 0.15) is 17.0 Å². The van der Waals surface area contributed by atoms with Gasteiger partial charge < -0.3 is 4.42 Å². The molecule has 3 heteroatoms. The van der Waals surface area contributed by atoms with E-state index in [9.17, 15) is 0 Å². The molecule has 3 rings (SSSR count). The van der Waals surface area contributed by atoms with Gasteiger partial charge in [0.1, 0.15) is 0 Å². The van der Waals surface area contributed by atoms with Gasteiger partial charge in [-0.2, -0.15) is 0 Å². The van der Waals surface area contributed by atoms with Gasteiger partial charge in [0.05, 0.1) is 0 Å². The molecular weight excluding hydrogens is 248 g/mol. The lowest BCUT2D eigenvalue weighted by molar-refractivity contribution is 0.504. The van der Waals surface area contributed by atoms with E-state index in [0.29, 0.717) is 11.8 Å². The van der Waals surface area contributed by atoms with E-state index >= 15 is 0 Å². The zero-order chi connectivity index (χ0) is 13.8. The van der Waals surface area contributed by atoms with Crippen LogP contribution in [0.2, 0.25) is 0 Å². The summed E-state index contributed by atoms with van der Waals surface area (Å²) in [7, 11) is 0. The van der Waals surface area contributed by atoms with Gasteiger partial charge in [-0.05, 0) is 30.5 Å². The minimum Gasteiger partial charge on any atom is -0.421 e. The maximum absolute atomic E-state index is 5.75. The Kier molecular flexibility index (Phi) is 3.59. The highest BCUT2D eigenvalue weighted by Gasteiger charge is 2.10. The van der Waals surface area contributed by atoms with Crippen molar-refractivity contribution in [3.05, 3.63) is 71.6 Å². The normalized spacial score (nSPS) is 10.7. The SMILES string of the molecule is Cc1ccccc1-c1nnc(CCc2ccccc2)o1. The van der Waals surface area contributed by atoms with Gasteiger partial charge >= 0.3 is 0 Å². The molecule has 0 aliphatic heterocycles. The van der Waals surface area contributed by atoms with Gasteiger partial charge in [-0.1, -0.05) is 48.5 Å². The van der Waals surface area contributed by atoms with Crippen LogP contribution in [0, 0.1) is 6.92 Å². The van der Waals surface area contributed by atoms with Gasteiger partial charge in [0.25, 0.3) is 0 Å². The third-order valence-electron chi connectivity index (χ3n) is 3.31. The molecule has 3 aromatic rings. The van der Waals surface area contributed by atoms with Crippen molar-refractivity contribution in [3.63, 3.8) is 0 Å². The van der Waals surface area contributed by atoms with Gasteiger partial charge in [-0.3, -0.25) is 0 Å². The molecule has 100 valence electrons. The molecule has 2 aromatic carbocycles. The summed E-state index contributed by atoms with van der Waals surface area (Å²) in [6.45, 7) is 2.04. The second-order valence-corrected chi connectivity index (χ2v) is 4.80. The molecule has 0 radical (unpaired) electrons. The van der Waals surface area contributed by atoms with E-state index in [1.54, 1.807) is 0 Å². The van der Waals surface area contributed by atoms with Crippen LogP contribution in [0.3, 0.4) is 0 Å². The Morgan fingerprint density at radius 3 is 2.40 bits per heavy atom. The van der Waals surface area contributed by atoms with E-state index in [-0.39, 0.29) is 0 Å². The lowest BCUT2D eigenvalue weighted by atomic mass is 10.1. The molecule has 0 unspecified atom stereocenters. The lowest BCUT2D eigenvalue weighted by Crippen LogP contribution is -1.90. The fraction of sp³-hybridized carbons (Fsp3) is 0.176. The molecule has 1 aromatic heterocycles. The Balaban J connectivity index is 1.73. The summed E-state index contributed by atoms with van der Waals surface area (Å²) in [6, 6.07) is 18.4. The van der Waals surface area contributed by atoms with Crippen molar-refractivity contribution in [2.24, 2.45) is 0 Å². The van der Waals surface area contributed by atoms with E-state index in [0.717, 1.165) is 24.0 Å². The molecule has 0 fully saturated rings. The van der Waals surface area contributed by atoms with Gasteiger partial charge in [0.15, 0.2) is 0 Å². The molecule has 0 bridgehead atoms. The number of benzene rings is 2. The van der Waals surface area contributed by atoms with Crippen LogP contribution in [0.5, 0.6) is 0 Å². The second-order valence-electron chi connectivity index (χ2n) is 4.80. The van der Waals surface area contributed by atoms with Crippen LogP contribution in [-0.4, -0.2) is 10.2 Å². The summed E-state index contributed by atoms with van der Waals surface area (Å²) >= 11 is 0. The Morgan fingerprint density at radius 1 is 0.850 bits per heavy atom. The smallest absolute Gasteiger partial charge is 0.247 e. The lowest BCUT2D eigenvalue weighted by Gasteiger charge is -1.99. The molecule has 3 nitrogen and oxygen atoms in total. The molecule has 1 heterocycles. The van der Waals surface area contributed by atoms with E-state index in [1.165, 1.54) is 5.56 Å². The van der Waals surface area contributed by atoms with Gasteiger partial charge in [0, 0.05) is 12.0 Å². The van der Waals surface area contributed by atoms with E-state index in [2.05, 4.69) is 22.3 Å². The predicted molar refractivity (Wildman–Crippen MR) is 78.3 cm³/mol. The molecule has 0 saturated carbocycles. The summed E-state index contributed by atoms with van der Waals surface area (Å²) in [4.78, 5) is 0. The van der Waals surface area contributed by atoms with Crippen LogP contribution < -0.4 is 0 Å². The Bertz CT molecular complexity index is 689. The van der Waals surface area contributed by atoms with Crippen molar-refractivity contribution < 1.29 is 4.42 Å². The number of hydrogen-bond donors (Lipinski definition) is 0. The molecule has 0 N–H and O–H groups in total. The van der Waals surface area contributed by atoms with Crippen molar-refractivity contribution in [1.29, 1.82) is 0 Å². The maximum atomic E-state index is 5.75. The highest BCUT2D eigenvalue weighted by molar-refractivity contribution is 5.57. The van der Waals surface area contributed by atoms with Crippen LogP contribution in [-0.2, 0) is 12.8 Å². The molecule has 20 heavy (non-hydrogen) atoms. The fourth-order valence-electron chi connectivity index (χ4n) is 2.17. The number of nitrogens with zero attached hydrogens (tertiary/aromatic N) is 2. The Labute approximate surface area is 118 Å². The van der Waals surface area contributed by atoms with Crippen LogP contribution in [0.15, 0.2) is 59.0 Å².